The van der Waals surface area contributed by atoms with Gasteiger partial charge >= 0.3 is 0 Å². The van der Waals surface area contributed by atoms with Crippen LogP contribution in [0.15, 0.2) is 35.5 Å². The van der Waals surface area contributed by atoms with Crippen LogP contribution in [0.5, 0.6) is 0 Å². The first-order valence-electron chi connectivity index (χ1n) is 11.2. The van der Waals surface area contributed by atoms with Crippen LogP contribution in [0.1, 0.15) is 74.1 Å². The third kappa shape index (κ3) is 7.12. The Morgan fingerprint density at radius 2 is 2.00 bits per heavy atom. The number of amides is 1. The molecule has 7 heteroatoms. The molecule has 170 valence electrons. The van der Waals surface area contributed by atoms with Gasteiger partial charge in [-0.05, 0) is 43.9 Å². The minimum atomic E-state index is -0.0398. The first-order chi connectivity index (χ1) is 14.7. The molecular weight excluding hydrogens is 388 g/mol. The van der Waals surface area contributed by atoms with E-state index < -0.39 is 0 Å². The fourth-order valence-electron chi connectivity index (χ4n) is 3.35. The van der Waals surface area contributed by atoms with Crippen LogP contribution < -0.4 is 10.6 Å². The predicted octanol–water partition coefficient (Wildman–Crippen LogP) is 3.67. The molecule has 1 aromatic carbocycles. The van der Waals surface area contributed by atoms with Crippen LogP contribution in [0, 0.1) is 0 Å². The highest BCUT2D eigenvalue weighted by molar-refractivity contribution is 5.94. The van der Waals surface area contributed by atoms with Crippen LogP contribution in [0.25, 0.3) is 0 Å². The monoisotopic (exact) mass is 426 g/mol. The number of aromatic nitrogens is 2. The number of aliphatic imine (C=N–C) groups is 1. The summed E-state index contributed by atoms with van der Waals surface area (Å²) in [5, 5.41) is 11.0. The summed E-state index contributed by atoms with van der Waals surface area (Å²) >= 11 is 0. The molecule has 0 radical (unpaired) electrons. The summed E-state index contributed by atoms with van der Waals surface area (Å²) in [6, 6.07) is 7.84. The molecule has 2 rings (SSSR count). The lowest BCUT2D eigenvalue weighted by atomic mass is 10.1. The summed E-state index contributed by atoms with van der Waals surface area (Å²) in [6.07, 6.45) is 2.98. The Labute approximate surface area is 186 Å². The van der Waals surface area contributed by atoms with Gasteiger partial charge in [0.1, 0.15) is 0 Å². The minimum Gasteiger partial charge on any atom is -0.357 e. The van der Waals surface area contributed by atoms with Crippen molar-refractivity contribution in [2.45, 2.75) is 66.1 Å². The molecule has 0 aliphatic heterocycles. The third-order valence-corrected chi connectivity index (χ3v) is 5.18. The van der Waals surface area contributed by atoms with Gasteiger partial charge in [0, 0.05) is 50.6 Å². The second kappa shape index (κ2) is 11.5. The Kier molecular flexibility index (Phi) is 9.09. The fourth-order valence-corrected chi connectivity index (χ4v) is 3.35. The molecular formula is C24H38N6O. The van der Waals surface area contributed by atoms with Crippen LogP contribution in [0.2, 0.25) is 0 Å². The first-order valence-corrected chi connectivity index (χ1v) is 11.2. The molecule has 1 heterocycles. The van der Waals surface area contributed by atoms with E-state index in [1.807, 2.05) is 50.0 Å². The largest absolute Gasteiger partial charge is 0.357 e. The van der Waals surface area contributed by atoms with Gasteiger partial charge in [-0.15, -0.1) is 0 Å². The Morgan fingerprint density at radius 1 is 1.26 bits per heavy atom. The molecule has 0 saturated heterocycles. The van der Waals surface area contributed by atoms with Gasteiger partial charge in [-0.25, -0.2) is 4.99 Å². The van der Waals surface area contributed by atoms with Crippen LogP contribution in [0.3, 0.4) is 0 Å². The van der Waals surface area contributed by atoms with Gasteiger partial charge in [0.2, 0.25) is 0 Å². The zero-order chi connectivity index (χ0) is 23.0. The molecule has 0 saturated carbocycles. The number of benzene rings is 1. The van der Waals surface area contributed by atoms with Gasteiger partial charge in [0.15, 0.2) is 5.96 Å². The summed E-state index contributed by atoms with van der Waals surface area (Å²) in [4.78, 5) is 19.4. The van der Waals surface area contributed by atoms with Crippen molar-refractivity contribution in [2.75, 3.05) is 13.6 Å². The highest BCUT2D eigenvalue weighted by Crippen LogP contribution is 2.18. The van der Waals surface area contributed by atoms with Crippen molar-refractivity contribution >= 4 is 11.9 Å². The molecule has 1 atom stereocenters. The molecule has 2 N–H and O–H groups in total. The maximum atomic E-state index is 12.4. The number of aryl methyl sites for hydroxylation is 1. The molecule has 1 aromatic heterocycles. The van der Waals surface area contributed by atoms with E-state index in [2.05, 4.69) is 54.5 Å². The molecule has 31 heavy (non-hydrogen) atoms. The average Bonchev–Trinajstić information content (AvgIpc) is 3.11. The van der Waals surface area contributed by atoms with Crippen LogP contribution in [-0.4, -0.2) is 46.2 Å². The number of nitrogens with one attached hydrogen (secondary N) is 2. The van der Waals surface area contributed by atoms with Crippen molar-refractivity contribution in [3.63, 3.8) is 0 Å². The van der Waals surface area contributed by atoms with Gasteiger partial charge in [0.25, 0.3) is 5.91 Å². The molecule has 2 aromatic rings. The summed E-state index contributed by atoms with van der Waals surface area (Å²) in [6.45, 7) is 12.5. The average molecular weight is 427 g/mol. The van der Waals surface area contributed by atoms with Crippen molar-refractivity contribution in [2.24, 2.45) is 12.0 Å². The van der Waals surface area contributed by atoms with Gasteiger partial charge in [-0.1, -0.05) is 32.9 Å². The van der Waals surface area contributed by atoms with E-state index in [4.69, 9.17) is 4.99 Å². The summed E-state index contributed by atoms with van der Waals surface area (Å²) < 4.78 is 1.87. The van der Waals surface area contributed by atoms with Gasteiger partial charge in [-0.3, -0.25) is 9.48 Å². The van der Waals surface area contributed by atoms with E-state index in [-0.39, 0.29) is 11.9 Å². The lowest BCUT2D eigenvalue weighted by molar-refractivity contribution is 0.0939. The number of hydrogen-bond donors (Lipinski definition) is 2. The zero-order valence-corrected chi connectivity index (χ0v) is 20.1. The SMILES string of the molecule is CCNC(=NCc1cccc(C(=O)NC(C)CC)c1)N(C)Cc1cn(C)nc1C(C)C. The van der Waals surface area contributed by atoms with Crippen molar-refractivity contribution in [3.05, 3.63) is 52.8 Å². The maximum Gasteiger partial charge on any atom is 0.251 e. The lowest BCUT2D eigenvalue weighted by Gasteiger charge is -2.22. The molecule has 0 aliphatic carbocycles. The number of nitrogens with zero attached hydrogens (tertiary/aromatic N) is 4. The van der Waals surface area contributed by atoms with Crippen molar-refractivity contribution in [3.8, 4) is 0 Å². The predicted molar refractivity (Wildman–Crippen MR) is 127 cm³/mol. The number of hydrogen-bond acceptors (Lipinski definition) is 3. The second-order valence-electron chi connectivity index (χ2n) is 8.38. The quantitative estimate of drug-likeness (QED) is 0.474. The molecule has 0 aliphatic rings. The number of rotatable bonds is 9. The number of carbonyl (C=O) groups excluding carboxylic acids is 1. The maximum absolute atomic E-state index is 12.4. The van der Waals surface area contributed by atoms with E-state index in [9.17, 15) is 4.79 Å². The molecule has 1 amide bonds. The minimum absolute atomic E-state index is 0.0398. The van der Waals surface area contributed by atoms with Gasteiger partial charge in [-0.2, -0.15) is 5.10 Å². The van der Waals surface area contributed by atoms with Crippen LogP contribution in [0.4, 0.5) is 0 Å². The van der Waals surface area contributed by atoms with Crippen molar-refractivity contribution in [1.82, 2.24) is 25.3 Å². The fraction of sp³-hybridized carbons (Fsp3) is 0.542. The van der Waals surface area contributed by atoms with Crippen molar-refractivity contribution in [1.29, 1.82) is 0 Å². The van der Waals surface area contributed by atoms with E-state index >= 15 is 0 Å². The molecule has 0 spiro atoms. The summed E-state index contributed by atoms with van der Waals surface area (Å²) in [5.74, 6) is 1.16. The second-order valence-corrected chi connectivity index (χ2v) is 8.38. The third-order valence-electron chi connectivity index (χ3n) is 5.18. The smallest absolute Gasteiger partial charge is 0.251 e. The highest BCUT2D eigenvalue weighted by atomic mass is 16.1. The van der Waals surface area contributed by atoms with Gasteiger partial charge in [0.05, 0.1) is 12.2 Å². The topological polar surface area (TPSA) is 74.6 Å². The Bertz CT molecular complexity index is 886. The van der Waals surface area contributed by atoms with E-state index in [0.29, 0.717) is 18.0 Å². The zero-order valence-electron chi connectivity index (χ0n) is 20.1. The van der Waals surface area contributed by atoms with Crippen LogP contribution in [-0.2, 0) is 20.1 Å². The highest BCUT2D eigenvalue weighted by Gasteiger charge is 2.15. The molecule has 0 fully saturated rings. The van der Waals surface area contributed by atoms with E-state index in [0.717, 1.165) is 36.7 Å². The lowest BCUT2D eigenvalue weighted by Crippen LogP contribution is -2.38. The van der Waals surface area contributed by atoms with Crippen LogP contribution >= 0.6 is 0 Å². The standard InChI is InChI=1S/C24H38N6O/c1-8-18(5)27-23(31)20-12-10-11-19(13-20)14-26-24(25-9-2)29(6)15-21-16-30(7)28-22(21)17(3)4/h10-13,16-18H,8-9,14-15H2,1-7H3,(H,25,26)(H,27,31). The molecule has 1 unspecified atom stereocenters. The number of guanidine groups is 1. The Hall–Kier alpha value is -2.83. The van der Waals surface area contributed by atoms with E-state index in [1.165, 1.54) is 5.56 Å². The number of carbonyl (C=O) groups is 1. The first kappa shape index (κ1) is 24.4. The Morgan fingerprint density at radius 3 is 2.65 bits per heavy atom. The molecule has 0 bridgehead atoms. The summed E-state index contributed by atoms with van der Waals surface area (Å²) in [7, 11) is 3.99. The normalized spacial score (nSPS) is 12.7. The van der Waals surface area contributed by atoms with Gasteiger partial charge < -0.3 is 15.5 Å². The van der Waals surface area contributed by atoms with Crippen molar-refractivity contribution < 1.29 is 4.79 Å². The van der Waals surface area contributed by atoms with E-state index in [1.54, 1.807) is 0 Å². The molecule has 7 nitrogen and oxygen atoms in total. The summed E-state index contributed by atoms with van der Waals surface area (Å²) in [5.41, 5.74) is 3.99. The Balaban J connectivity index is 2.14.